The largest absolute Gasteiger partial charge is 0.337 e. The third-order valence-electron chi connectivity index (χ3n) is 5.31. The lowest BCUT2D eigenvalue weighted by Gasteiger charge is -2.32. The molecular formula is C16H22F2N4O2. The highest BCUT2D eigenvalue weighted by Gasteiger charge is 2.51. The van der Waals surface area contributed by atoms with Gasteiger partial charge in [-0.3, -0.25) is 4.79 Å². The molecule has 1 aliphatic carbocycles. The van der Waals surface area contributed by atoms with Crippen LogP contribution in [0.25, 0.3) is 0 Å². The molecule has 0 bridgehead atoms. The summed E-state index contributed by atoms with van der Waals surface area (Å²) in [6.07, 6.45) is 3.01. The number of carbonyl (C=O) groups excluding carboxylic acids is 1. The van der Waals surface area contributed by atoms with Crippen molar-refractivity contribution in [3.63, 3.8) is 0 Å². The Kier molecular flexibility index (Phi) is 3.82. The second-order valence-electron chi connectivity index (χ2n) is 7.38. The molecule has 0 unspecified atom stereocenters. The average molecular weight is 340 g/mol. The zero-order valence-electron chi connectivity index (χ0n) is 13.8. The van der Waals surface area contributed by atoms with Crippen molar-refractivity contribution in [1.29, 1.82) is 0 Å². The van der Waals surface area contributed by atoms with Crippen molar-refractivity contribution < 1.29 is 18.1 Å². The van der Waals surface area contributed by atoms with Crippen molar-refractivity contribution >= 4 is 5.91 Å². The molecule has 2 aliphatic heterocycles. The Morgan fingerprint density at radius 1 is 1.25 bits per heavy atom. The van der Waals surface area contributed by atoms with Crippen LogP contribution in [0.4, 0.5) is 8.78 Å². The van der Waals surface area contributed by atoms with Gasteiger partial charge in [0, 0.05) is 18.3 Å². The summed E-state index contributed by atoms with van der Waals surface area (Å²) in [5, 5.41) is 3.91. The van der Waals surface area contributed by atoms with Gasteiger partial charge in [0.25, 0.3) is 5.92 Å². The maximum Gasteiger partial charge on any atom is 0.267 e. The maximum atomic E-state index is 14.0. The fourth-order valence-electron chi connectivity index (χ4n) is 3.65. The van der Waals surface area contributed by atoms with Gasteiger partial charge < -0.3 is 14.3 Å². The summed E-state index contributed by atoms with van der Waals surface area (Å²) in [6, 6.07) is -0.799. The fraction of sp³-hybridized carbons (Fsp3) is 0.812. The van der Waals surface area contributed by atoms with E-state index in [0.29, 0.717) is 24.6 Å². The maximum absolute atomic E-state index is 14.0. The zero-order chi connectivity index (χ0) is 16.9. The molecular weight excluding hydrogens is 318 g/mol. The lowest BCUT2D eigenvalue weighted by molar-refractivity contribution is -0.139. The third-order valence-corrected chi connectivity index (χ3v) is 5.31. The number of hydrogen-bond acceptors (Lipinski definition) is 5. The molecule has 1 aromatic rings. The molecule has 2 saturated heterocycles. The molecule has 0 aromatic carbocycles. The van der Waals surface area contributed by atoms with Crippen LogP contribution in [0.2, 0.25) is 0 Å². The second-order valence-corrected chi connectivity index (χ2v) is 7.38. The van der Waals surface area contributed by atoms with Gasteiger partial charge in [-0.1, -0.05) is 5.16 Å². The molecule has 4 rings (SSSR count). The Bertz CT molecular complexity index is 623. The smallest absolute Gasteiger partial charge is 0.267 e. The van der Waals surface area contributed by atoms with Crippen molar-refractivity contribution in [2.24, 2.45) is 5.92 Å². The van der Waals surface area contributed by atoms with E-state index in [4.69, 9.17) is 4.52 Å². The lowest BCUT2D eigenvalue weighted by atomic mass is 9.95. The van der Waals surface area contributed by atoms with Gasteiger partial charge in [-0.15, -0.1) is 0 Å². The number of rotatable bonds is 3. The molecule has 1 atom stereocenters. The number of halogens is 2. The third kappa shape index (κ3) is 3.03. The van der Waals surface area contributed by atoms with Crippen molar-refractivity contribution in [3.05, 3.63) is 11.7 Å². The Labute approximate surface area is 139 Å². The van der Waals surface area contributed by atoms with Crippen molar-refractivity contribution in [1.82, 2.24) is 19.9 Å². The van der Waals surface area contributed by atoms with Crippen molar-refractivity contribution in [2.45, 2.75) is 50.0 Å². The fourth-order valence-corrected chi connectivity index (χ4v) is 3.65. The van der Waals surface area contributed by atoms with Crippen LogP contribution < -0.4 is 0 Å². The van der Waals surface area contributed by atoms with E-state index in [-0.39, 0.29) is 17.7 Å². The van der Waals surface area contributed by atoms with Gasteiger partial charge in [-0.05, 0) is 45.8 Å². The second kappa shape index (κ2) is 5.75. The predicted octanol–water partition coefficient (Wildman–Crippen LogP) is 2.20. The molecule has 3 aliphatic rings. The van der Waals surface area contributed by atoms with E-state index in [1.165, 1.54) is 4.90 Å². The molecule has 1 amide bonds. The van der Waals surface area contributed by atoms with Crippen molar-refractivity contribution in [3.8, 4) is 0 Å². The topological polar surface area (TPSA) is 62.5 Å². The highest BCUT2D eigenvalue weighted by Crippen LogP contribution is 2.43. The number of amides is 1. The van der Waals surface area contributed by atoms with Gasteiger partial charge in [0.05, 0.1) is 6.54 Å². The Morgan fingerprint density at radius 2 is 1.96 bits per heavy atom. The number of hydrogen-bond donors (Lipinski definition) is 0. The minimum absolute atomic E-state index is 0.162. The van der Waals surface area contributed by atoms with E-state index >= 15 is 0 Å². The van der Waals surface area contributed by atoms with Crippen LogP contribution >= 0.6 is 0 Å². The van der Waals surface area contributed by atoms with E-state index in [1.807, 2.05) is 7.05 Å². The molecule has 24 heavy (non-hydrogen) atoms. The van der Waals surface area contributed by atoms with E-state index < -0.39 is 24.9 Å². The highest BCUT2D eigenvalue weighted by molar-refractivity contribution is 5.79. The summed E-state index contributed by atoms with van der Waals surface area (Å²) in [5.74, 6) is -2.25. The standard InChI is InChI=1S/C16H22F2N4O2/c1-21-6-4-11(5-7-21)15(23)22-9-16(17,18)8-12(22)14-19-13(20-24-14)10-2-3-10/h10-12H,2-9H2,1H3/t12-/m0/s1. The molecule has 1 aromatic heterocycles. The number of nitrogens with zero attached hydrogens (tertiary/aromatic N) is 4. The van der Waals surface area contributed by atoms with Crippen LogP contribution in [-0.4, -0.2) is 58.5 Å². The quantitative estimate of drug-likeness (QED) is 0.844. The Balaban J connectivity index is 1.53. The molecule has 0 N–H and O–H groups in total. The number of likely N-dealkylation sites (tertiary alicyclic amines) is 2. The van der Waals surface area contributed by atoms with Gasteiger partial charge in [0.1, 0.15) is 6.04 Å². The minimum atomic E-state index is -2.90. The molecule has 8 heteroatoms. The lowest BCUT2D eigenvalue weighted by Crippen LogP contribution is -2.42. The first kappa shape index (κ1) is 15.9. The summed E-state index contributed by atoms with van der Waals surface area (Å²) < 4.78 is 33.2. The summed E-state index contributed by atoms with van der Waals surface area (Å²) in [7, 11) is 2.01. The van der Waals surface area contributed by atoms with Crippen LogP contribution in [0.1, 0.15) is 55.8 Å². The minimum Gasteiger partial charge on any atom is -0.337 e. The Morgan fingerprint density at radius 3 is 2.62 bits per heavy atom. The number of aromatic nitrogens is 2. The molecule has 6 nitrogen and oxygen atoms in total. The van der Waals surface area contributed by atoms with Gasteiger partial charge in [-0.25, -0.2) is 8.78 Å². The average Bonchev–Trinajstić information content (AvgIpc) is 3.18. The van der Waals surface area contributed by atoms with Gasteiger partial charge in [-0.2, -0.15) is 4.98 Å². The van der Waals surface area contributed by atoms with Gasteiger partial charge in [0.15, 0.2) is 5.82 Å². The molecule has 132 valence electrons. The van der Waals surface area contributed by atoms with Crippen LogP contribution in [0, 0.1) is 5.92 Å². The molecule has 1 saturated carbocycles. The normalized spacial score (nSPS) is 28.5. The molecule has 0 radical (unpaired) electrons. The predicted molar refractivity (Wildman–Crippen MR) is 80.5 cm³/mol. The summed E-state index contributed by atoms with van der Waals surface area (Å²) in [6.45, 7) is 1.08. The zero-order valence-corrected chi connectivity index (χ0v) is 13.8. The first-order valence-corrected chi connectivity index (χ1v) is 8.63. The number of alkyl halides is 2. The SMILES string of the molecule is CN1CCC(C(=O)N2CC(F)(F)C[C@H]2c2nc(C3CC3)no2)CC1. The monoisotopic (exact) mass is 340 g/mol. The van der Waals surface area contributed by atoms with Crippen LogP contribution in [-0.2, 0) is 4.79 Å². The Hall–Kier alpha value is -1.57. The van der Waals surface area contributed by atoms with E-state index in [9.17, 15) is 13.6 Å². The highest BCUT2D eigenvalue weighted by atomic mass is 19.3. The van der Waals surface area contributed by atoms with E-state index in [1.54, 1.807) is 0 Å². The van der Waals surface area contributed by atoms with Gasteiger partial charge >= 0.3 is 0 Å². The molecule has 0 spiro atoms. The van der Waals surface area contributed by atoms with Crippen LogP contribution in [0.3, 0.4) is 0 Å². The van der Waals surface area contributed by atoms with Crippen LogP contribution in [0.15, 0.2) is 4.52 Å². The first-order chi connectivity index (χ1) is 11.4. The summed E-state index contributed by atoms with van der Waals surface area (Å²) in [5.41, 5.74) is 0. The van der Waals surface area contributed by atoms with Gasteiger partial charge in [0.2, 0.25) is 11.8 Å². The summed E-state index contributed by atoms with van der Waals surface area (Å²) in [4.78, 5) is 20.5. The molecule has 3 heterocycles. The summed E-state index contributed by atoms with van der Waals surface area (Å²) >= 11 is 0. The van der Waals surface area contributed by atoms with E-state index in [2.05, 4.69) is 15.0 Å². The number of carbonyl (C=O) groups is 1. The molecule has 3 fully saturated rings. The van der Waals surface area contributed by atoms with Crippen molar-refractivity contribution in [2.75, 3.05) is 26.7 Å². The number of piperidine rings is 1. The van der Waals surface area contributed by atoms with Crippen LogP contribution in [0.5, 0.6) is 0 Å². The first-order valence-electron chi connectivity index (χ1n) is 8.63. The van der Waals surface area contributed by atoms with E-state index in [0.717, 1.165) is 25.9 Å².